The molecule has 0 aliphatic rings. The summed E-state index contributed by atoms with van der Waals surface area (Å²) in [6.07, 6.45) is 3.82. The van der Waals surface area contributed by atoms with Gasteiger partial charge in [0.2, 0.25) is 11.9 Å². The number of aryl methyl sites for hydroxylation is 1. The largest absolute Gasteiger partial charge is 0.497 e. The summed E-state index contributed by atoms with van der Waals surface area (Å²) in [5.74, 6) is 1.31. The maximum absolute atomic E-state index is 11.4. The molecule has 0 saturated heterocycles. The van der Waals surface area contributed by atoms with Crippen molar-refractivity contribution in [2.45, 2.75) is 13.5 Å². The molecule has 0 unspecified atom stereocenters. The molecule has 3 aromatic rings. The van der Waals surface area contributed by atoms with Gasteiger partial charge in [0.1, 0.15) is 5.75 Å². The summed E-state index contributed by atoms with van der Waals surface area (Å²) in [6.45, 7) is 1.87. The highest BCUT2D eigenvalue weighted by atomic mass is 16.5. The quantitative estimate of drug-likeness (QED) is 0.762. The van der Waals surface area contributed by atoms with Crippen molar-refractivity contribution < 1.29 is 9.53 Å². The van der Waals surface area contributed by atoms with Gasteiger partial charge in [0.05, 0.1) is 12.8 Å². The van der Waals surface area contributed by atoms with Crippen LogP contribution in [0.25, 0.3) is 22.2 Å². The number of aromatic nitrogens is 3. The van der Waals surface area contributed by atoms with Crippen molar-refractivity contribution in [3.8, 4) is 17.0 Å². The highest BCUT2D eigenvalue weighted by Gasteiger charge is 2.17. The standard InChI is InChI=1S/C19H23N5O2/c1-12(25)20-9-13-10-21-19(23(2)3)22-18(13)16-11-24(4)17-7-6-14(26-5)8-15(16)17/h6-8,10-11H,9H2,1-5H3,(H,20,25). The Labute approximate surface area is 152 Å². The van der Waals surface area contributed by atoms with Crippen LogP contribution in [0.1, 0.15) is 12.5 Å². The fourth-order valence-corrected chi connectivity index (χ4v) is 2.88. The lowest BCUT2D eigenvalue weighted by molar-refractivity contribution is -0.119. The molecule has 2 heterocycles. The van der Waals surface area contributed by atoms with E-state index in [-0.39, 0.29) is 5.91 Å². The molecule has 136 valence electrons. The van der Waals surface area contributed by atoms with Crippen LogP contribution in [0.4, 0.5) is 5.95 Å². The average molecular weight is 353 g/mol. The van der Waals surface area contributed by atoms with E-state index in [1.165, 1.54) is 6.92 Å². The molecule has 0 aliphatic carbocycles. The predicted octanol–water partition coefficient (Wildman–Crippen LogP) is 2.35. The van der Waals surface area contributed by atoms with Gasteiger partial charge in [-0.15, -0.1) is 0 Å². The second-order valence-corrected chi connectivity index (χ2v) is 6.38. The number of fused-ring (bicyclic) bond motifs is 1. The van der Waals surface area contributed by atoms with Gasteiger partial charge >= 0.3 is 0 Å². The third-order valence-corrected chi connectivity index (χ3v) is 4.23. The molecule has 0 aliphatic heterocycles. The van der Waals surface area contributed by atoms with E-state index < -0.39 is 0 Å². The topological polar surface area (TPSA) is 72.3 Å². The molecular formula is C19H23N5O2. The van der Waals surface area contributed by atoms with E-state index in [0.717, 1.165) is 33.5 Å². The molecule has 7 nitrogen and oxygen atoms in total. The van der Waals surface area contributed by atoms with Crippen LogP contribution in [0.3, 0.4) is 0 Å². The van der Waals surface area contributed by atoms with Crippen LogP contribution < -0.4 is 15.0 Å². The Morgan fingerprint density at radius 1 is 1.35 bits per heavy atom. The summed E-state index contributed by atoms with van der Waals surface area (Å²) >= 11 is 0. The van der Waals surface area contributed by atoms with E-state index in [0.29, 0.717) is 12.5 Å². The number of benzene rings is 1. The molecule has 0 spiro atoms. The second kappa shape index (κ2) is 7.03. The van der Waals surface area contributed by atoms with Gasteiger partial charge < -0.3 is 19.5 Å². The van der Waals surface area contributed by atoms with Gasteiger partial charge in [0.15, 0.2) is 0 Å². The summed E-state index contributed by atoms with van der Waals surface area (Å²) in [4.78, 5) is 22.4. The number of anilines is 1. The number of hydrogen-bond acceptors (Lipinski definition) is 5. The van der Waals surface area contributed by atoms with Crippen LogP contribution in [0, 0.1) is 0 Å². The fraction of sp³-hybridized carbons (Fsp3) is 0.316. The zero-order chi connectivity index (χ0) is 18.8. The molecule has 7 heteroatoms. The average Bonchev–Trinajstić information content (AvgIpc) is 2.95. The zero-order valence-corrected chi connectivity index (χ0v) is 15.7. The minimum Gasteiger partial charge on any atom is -0.497 e. The maximum atomic E-state index is 11.4. The van der Waals surface area contributed by atoms with Crippen LogP contribution in [-0.4, -0.2) is 41.6 Å². The van der Waals surface area contributed by atoms with Crippen molar-refractivity contribution in [3.05, 3.63) is 36.2 Å². The van der Waals surface area contributed by atoms with E-state index in [4.69, 9.17) is 9.72 Å². The lowest BCUT2D eigenvalue weighted by atomic mass is 10.1. The first-order chi connectivity index (χ1) is 12.4. The number of nitrogens with one attached hydrogen (secondary N) is 1. The first-order valence-corrected chi connectivity index (χ1v) is 8.32. The third kappa shape index (κ3) is 3.33. The normalized spacial score (nSPS) is 10.8. The smallest absolute Gasteiger partial charge is 0.225 e. The first-order valence-electron chi connectivity index (χ1n) is 8.32. The van der Waals surface area contributed by atoms with Crippen molar-refractivity contribution in [2.24, 2.45) is 7.05 Å². The number of rotatable bonds is 5. The van der Waals surface area contributed by atoms with Gasteiger partial charge in [-0.1, -0.05) is 0 Å². The van der Waals surface area contributed by atoms with Gasteiger partial charge in [-0.2, -0.15) is 0 Å². The molecule has 0 bridgehead atoms. The summed E-state index contributed by atoms with van der Waals surface area (Å²) in [6, 6.07) is 5.97. The molecule has 1 N–H and O–H groups in total. The SMILES string of the molecule is COc1ccc2c(c1)c(-c1nc(N(C)C)ncc1CNC(C)=O)cn2C. The van der Waals surface area contributed by atoms with Crippen molar-refractivity contribution in [1.29, 1.82) is 0 Å². The molecule has 1 amide bonds. The molecule has 0 atom stereocenters. The highest BCUT2D eigenvalue weighted by molar-refractivity contribution is 5.96. The van der Waals surface area contributed by atoms with Crippen molar-refractivity contribution in [1.82, 2.24) is 19.9 Å². The molecule has 0 fully saturated rings. The van der Waals surface area contributed by atoms with E-state index in [2.05, 4.69) is 14.9 Å². The summed E-state index contributed by atoms with van der Waals surface area (Å²) in [5, 5.41) is 3.88. The van der Waals surface area contributed by atoms with Crippen molar-refractivity contribution >= 4 is 22.8 Å². The molecular weight excluding hydrogens is 330 g/mol. The summed E-state index contributed by atoms with van der Waals surface area (Å²) in [7, 11) is 7.46. The summed E-state index contributed by atoms with van der Waals surface area (Å²) < 4.78 is 7.45. The van der Waals surface area contributed by atoms with Crippen LogP contribution in [0.5, 0.6) is 5.75 Å². The van der Waals surface area contributed by atoms with Crippen LogP contribution in [-0.2, 0) is 18.4 Å². The van der Waals surface area contributed by atoms with Crippen molar-refractivity contribution in [2.75, 3.05) is 26.1 Å². The molecule has 0 radical (unpaired) electrons. The van der Waals surface area contributed by atoms with E-state index in [1.807, 2.05) is 50.4 Å². The molecule has 1 aromatic carbocycles. The Kier molecular flexibility index (Phi) is 4.79. The molecule has 0 saturated carbocycles. The Balaban J connectivity index is 2.21. The highest BCUT2D eigenvalue weighted by Crippen LogP contribution is 2.34. The molecule has 26 heavy (non-hydrogen) atoms. The van der Waals surface area contributed by atoms with E-state index >= 15 is 0 Å². The fourth-order valence-electron chi connectivity index (χ4n) is 2.88. The van der Waals surface area contributed by atoms with Crippen LogP contribution in [0.15, 0.2) is 30.6 Å². The van der Waals surface area contributed by atoms with Crippen molar-refractivity contribution in [3.63, 3.8) is 0 Å². The predicted molar refractivity (Wildman–Crippen MR) is 102 cm³/mol. The Bertz CT molecular complexity index is 962. The number of hydrogen-bond donors (Lipinski definition) is 1. The van der Waals surface area contributed by atoms with Gasteiger partial charge in [0, 0.05) is 69.0 Å². The minimum atomic E-state index is -0.0905. The number of methoxy groups -OCH3 is 1. The number of ether oxygens (including phenoxy) is 1. The lowest BCUT2D eigenvalue weighted by Crippen LogP contribution is -2.20. The van der Waals surface area contributed by atoms with Gasteiger partial charge in [-0.05, 0) is 18.2 Å². The minimum absolute atomic E-state index is 0.0905. The Morgan fingerprint density at radius 2 is 2.12 bits per heavy atom. The monoisotopic (exact) mass is 353 g/mol. The third-order valence-electron chi connectivity index (χ3n) is 4.23. The van der Waals surface area contributed by atoms with Crippen LogP contribution >= 0.6 is 0 Å². The van der Waals surface area contributed by atoms with E-state index in [9.17, 15) is 4.79 Å². The number of nitrogens with zero attached hydrogens (tertiary/aromatic N) is 4. The molecule has 2 aromatic heterocycles. The lowest BCUT2D eigenvalue weighted by Gasteiger charge is -2.14. The Morgan fingerprint density at radius 3 is 2.77 bits per heavy atom. The number of amides is 1. The second-order valence-electron chi connectivity index (χ2n) is 6.38. The van der Waals surface area contributed by atoms with E-state index in [1.54, 1.807) is 13.3 Å². The van der Waals surface area contributed by atoms with Gasteiger partial charge in [-0.25, -0.2) is 9.97 Å². The zero-order valence-electron chi connectivity index (χ0n) is 15.7. The number of carbonyl (C=O) groups excluding carboxylic acids is 1. The van der Waals surface area contributed by atoms with Gasteiger partial charge in [0.25, 0.3) is 0 Å². The van der Waals surface area contributed by atoms with Crippen LogP contribution in [0.2, 0.25) is 0 Å². The Hall–Kier alpha value is -3.09. The molecule has 3 rings (SSSR count). The number of carbonyl (C=O) groups is 1. The van der Waals surface area contributed by atoms with Gasteiger partial charge in [-0.3, -0.25) is 4.79 Å². The maximum Gasteiger partial charge on any atom is 0.225 e. The first kappa shape index (κ1) is 17.7. The summed E-state index contributed by atoms with van der Waals surface area (Å²) in [5.41, 5.74) is 3.72.